The molecule has 2 atom stereocenters. The summed E-state index contributed by atoms with van der Waals surface area (Å²) in [5.41, 5.74) is -1.21. The Bertz CT molecular complexity index is 677. The van der Waals surface area contributed by atoms with Crippen molar-refractivity contribution in [2.75, 3.05) is 6.61 Å². The lowest BCUT2D eigenvalue weighted by Crippen LogP contribution is -2.76. The summed E-state index contributed by atoms with van der Waals surface area (Å²) < 4.78 is 5.59. The molecule has 1 aromatic carbocycles. The van der Waals surface area contributed by atoms with Crippen molar-refractivity contribution in [2.24, 2.45) is 5.41 Å². The summed E-state index contributed by atoms with van der Waals surface area (Å²) in [5, 5.41) is 13.5. The van der Waals surface area contributed by atoms with E-state index in [0.29, 0.717) is 23.1 Å². The second-order valence-corrected chi connectivity index (χ2v) is 7.71. The number of halogens is 2. The van der Waals surface area contributed by atoms with E-state index in [1.807, 2.05) is 6.92 Å². The second kappa shape index (κ2) is 7.52. The summed E-state index contributed by atoms with van der Waals surface area (Å²) in [4.78, 5) is 24.2. The van der Waals surface area contributed by atoms with Gasteiger partial charge >= 0.3 is 5.97 Å². The lowest BCUT2D eigenvalue weighted by atomic mass is 9.54. The fourth-order valence-corrected chi connectivity index (χ4v) is 3.81. The van der Waals surface area contributed by atoms with E-state index in [-0.39, 0.29) is 24.9 Å². The van der Waals surface area contributed by atoms with Crippen molar-refractivity contribution in [1.82, 2.24) is 5.32 Å². The standard InChI is InChI=1S/C18H23Cl2NO4/c1-4-25-14-10-18(16(23)24,17(14,2)3)21-15(22)8-6-11-5-7-12(19)9-13(11)20/h5,7,9,14H,4,6,8,10H2,1-3H3,(H,21,22)(H,23,24). The van der Waals surface area contributed by atoms with Gasteiger partial charge in [0.2, 0.25) is 5.91 Å². The van der Waals surface area contributed by atoms with Gasteiger partial charge in [-0.25, -0.2) is 4.79 Å². The SMILES string of the molecule is CCOC1CC(NC(=O)CCc2ccc(Cl)cc2Cl)(C(=O)O)C1(C)C. The Morgan fingerprint density at radius 3 is 2.56 bits per heavy atom. The molecule has 1 saturated carbocycles. The van der Waals surface area contributed by atoms with Crippen LogP contribution in [-0.4, -0.2) is 35.2 Å². The lowest BCUT2D eigenvalue weighted by Gasteiger charge is -2.58. The fraction of sp³-hybridized carbons (Fsp3) is 0.556. The first-order chi connectivity index (χ1) is 11.6. The number of carboxylic acids is 1. The van der Waals surface area contributed by atoms with Crippen LogP contribution in [0.2, 0.25) is 10.0 Å². The summed E-state index contributed by atoms with van der Waals surface area (Å²) in [7, 11) is 0. The van der Waals surface area contributed by atoms with E-state index in [1.165, 1.54) is 0 Å². The molecule has 25 heavy (non-hydrogen) atoms. The molecule has 0 aromatic heterocycles. The maximum atomic E-state index is 12.4. The average Bonchev–Trinajstić information content (AvgIpc) is 2.52. The van der Waals surface area contributed by atoms with Gasteiger partial charge in [-0.3, -0.25) is 4.79 Å². The van der Waals surface area contributed by atoms with Crippen LogP contribution in [0.15, 0.2) is 18.2 Å². The minimum Gasteiger partial charge on any atom is -0.479 e. The minimum atomic E-state index is -1.31. The lowest BCUT2D eigenvalue weighted by molar-refractivity contribution is -0.194. The second-order valence-electron chi connectivity index (χ2n) is 6.86. The van der Waals surface area contributed by atoms with Crippen LogP contribution in [0.3, 0.4) is 0 Å². The maximum Gasteiger partial charge on any atom is 0.330 e. The number of ether oxygens (including phenoxy) is 1. The number of carboxylic acid groups (broad SMARTS) is 1. The average molecular weight is 388 g/mol. The van der Waals surface area contributed by atoms with E-state index in [0.717, 1.165) is 5.56 Å². The highest BCUT2D eigenvalue weighted by Gasteiger charge is 2.66. The molecule has 0 heterocycles. The fourth-order valence-electron chi connectivity index (χ4n) is 3.31. The van der Waals surface area contributed by atoms with Crippen molar-refractivity contribution in [3.63, 3.8) is 0 Å². The molecule has 0 bridgehead atoms. The molecule has 1 aliphatic rings. The molecule has 2 unspecified atom stereocenters. The Hall–Kier alpha value is -1.30. The summed E-state index contributed by atoms with van der Waals surface area (Å²) in [6.07, 6.45) is 0.620. The zero-order valence-electron chi connectivity index (χ0n) is 14.6. The van der Waals surface area contributed by atoms with Crippen LogP contribution in [0.5, 0.6) is 0 Å². The number of amides is 1. The van der Waals surface area contributed by atoms with Crippen molar-refractivity contribution >= 4 is 35.1 Å². The Balaban J connectivity index is 2.03. The number of hydrogen-bond donors (Lipinski definition) is 2. The summed E-state index contributed by atoms with van der Waals surface area (Å²) in [6, 6.07) is 5.10. The number of hydrogen-bond acceptors (Lipinski definition) is 3. The van der Waals surface area contributed by atoms with Gasteiger partial charge in [0.05, 0.1) is 6.10 Å². The van der Waals surface area contributed by atoms with Crippen LogP contribution in [0.4, 0.5) is 0 Å². The smallest absolute Gasteiger partial charge is 0.330 e. The molecule has 138 valence electrons. The minimum absolute atomic E-state index is 0.145. The highest BCUT2D eigenvalue weighted by molar-refractivity contribution is 6.35. The normalized spacial score (nSPS) is 24.4. The number of rotatable bonds is 7. The molecule has 1 fully saturated rings. The quantitative estimate of drug-likeness (QED) is 0.747. The zero-order valence-corrected chi connectivity index (χ0v) is 16.1. The Morgan fingerprint density at radius 2 is 2.04 bits per heavy atom. The van der Waals surface area contributed by atoms with Gasteiger partial charge in [0.1, 0.15) is 5.54 Å². The first-order valence-corrected chi connectivity index (χ1v) is 8.99. The van der Waals surface area contributed by atoms with E-state index in [1.54, 1.807) is 32.0 Å². The molecule has 0 spiro atoms. The zero-order chi connectivity index (χ0) is 18.8. The first-order valence-electron chi connectivity index (χ1n) is 8.24. The van der Waals surface area contributed by atoms with Gasteiger partial charge in [0, 0.05) is 34.9 Å². The summed E-state index contributed by atoms with van der Waals surface area (Å²) in [5.74, 6) is -1.36. The predicted octanol–water partition coefficient (Wildman–Crippen LogP) is 3.70. The molecule has 0 saturated heterocycles. The number of carbonyl (C=O) groups is 2. The van der Waals surface area contributed by atoms with Gasteiger partial charge < -0.3 is 15.2 Å². The molecule has 2 N–H and O–H groups in total. The Labute approximate surface area is 157 Å². The number of carbonyl (C=O) groups excluding carboxylic acids is 1. The molecule has 5 nitrogen and oxygen atoms in total. The van der Waals surface area contributed by atoms with Crippen LogP contribution in [0, 0.1) is 5.41 Å². The van der Waals surface area contributed by atoms with Crippen molar-refractivity contribution < 1.29 is 19.4 Å². The number of aliphatic carboxylic acids is 1. The number of nitrogens with one attached hydrogen (secondary N) is 1. The van der Waals surface area contributed by atoms with Gasteiger partial charge in [-0.1, -0.05) is 43.1 Å². The topological polar surface area (TPSA) is 75.6 Å². The van der Waals surface area contributed by atoms with E-state index < -0.39 is 16.9 Å². The van der Waals surface area contributed by atoms with Crippen LogP contribution in [-0.2, 0) is 20.7 Å². The van der Waals surface area contributed by atoms with Crippen molar-refractivity contribution in [3.05, 3.63) is 33.8 Å². The first kappa shape index (κ1) is 20.0. The summed E-state index contributed by atoms with van der Waals surface area (Å²) in [6.45, 7) is 5.99. The monoisotopic (exact) mass is 387 g/mol. The van der Waals surface area contributed by atoms with E-state index >= 15 is 0 Å². The van der Waals surface area contributed by atoms with Crippen molar-refractivity contribution in [3.8, 4) is 0 Å². The molecule has 0 aliphatic heterocycles. The molecule has 0 radical (unpaired) electrons. The third-order valence-corrected chi connectivity index (χ3v) is 5.71. The Kier molecular flexibility index (Phi) is 6.02. The van der Waals surface area contributed by atoms with Gasteiger partial charge in [-0.15, -0.1) is 0 Å². The molecular weight excluding hydrogens is 365 g/mol. The molecule has 7 heteroatoms. The van der Waals surface area contributed by atoms with Gasteiger partial charge in [0.15, 0.2) is 0 Å². The van der Waals surface area contributed by atoms with Crippen molar-refractivity contribution in [2.45, 2.75) is 51.7 Å². The van der Waals surface area contributed by atoms with Crippen LogP contribution >= 0.6 is 23.2 Å². The Morgan fingerprint density at radius 1 is 1.36 bits per heavy atom. The molecule has 1 aliphatic carbocycles. The van der Waals surface area contributed by atoms with E-state index in [4.69, 9.17) is 27.9 Å². The van der Waals surface area contributed by atoms with Gasteiger partial charge in [0.25, 0.3) is 0 Å². The van der Waals surface area contributed by atoms with Crippen LogP contribution in [0.1, 0.15) is 39.2 Å². The number of aryl methyl sites for hydroxylation is 1. The molecule has 1 aromatic rings. The third-order valence-electron chi connectivity index (χ3n) is 5.12. The highest BCUT2D eigenvalue weighted by Crippen LogP contribution is 2.51. The van der Waals surface area contributed by atoms with Crippen LogP contribution in [0.25, 0.3) is 0 Å². The van der Waals surface area contributed by atoms with Crippen molar-refractivity contribution in [1.29, 1.82) is 0 Å². The molecular formula is C18H23Cl2NO4. The van der Waals surface area contributed by atoms with Gasteiger partial charge in [-0.2, -0.15) is 0 Å². The summed E-state index contributed by atoms with van der Waals surface area (Å²) >= 11 is 12.0. The van der Waals surface area contributed by atoms with E-state index in [2.05, 4.69) is 5.32 Å². The molecule has 1 amide bonds. The van der Waals surface area contributed by atoms with E-state index in [9.17, 15) is 14.7 Å². The van der Waals surface area contributed by atoms with Gasteiger partial charge in [-0.05, 0) is 31.0 Å². The van der Waals surface area contributed by atoms with Crippen LogP contribution < -0.4 is 5.32 Å². The third kappa shape index (κ3) is 3.78. The predicted molar refractivity (Wildman–Crippen MR) is 97.1 cm³/mol. The maximum absolute atomic E-state index is 12.4. The largest absolute Gasteiger partial charge is 0.479 e. The number of benzene rings is 1. The highest BCUT2D eigenvalue weighted by atomic mass is 35.5. The molecule has 2 rings (SSSR count).